The molecule has 4 rings (SSSR count). The summed E-state index contributed by atoms with van der Waals surface area (Å²) in [4.78, 5) is 0. The quantitative estimate of drug-likeness (QED) is 0.399. The molecule has 0 saturated heterocycles. The fraction of sp³-hybridized carbons (Fsp3) is 0.900. The van der Waals surface area contributed by atoms with E-state index in [1.807, 2.05) is 14.2 Å². The molecular weight excluding hydrogens is 316 g/mol. The Morgan fingerprint density at radius 2 is 1.75 bits per heavy atom. The van der Waals surface area contributed by atoms with Crippen LogP contribution in [-0.4, -0.2) is 34.4 Å². The molecule has 0 heterocycles. The zero-order chi connectivity index (χ0) is 17.8. The summed E-state index contributed by atoms with van der Waals surface area (Å²) in [5.74, 6) is 0.587. The molecule has 0 aliphatic heterocycles. The first-order valence-corrected chi connectivity index (χ1v) is 12.5. The smallest absolute Gasteiger partial charge is 0.202 e. The van der Waals surface area contributed by atoms with Gasteiger partial charge in [-0.2, -0.15) is 0 Å². The number of fused-ring (bicyclic) bond motifs is 2. The molecule has 24 heavy (non-hydrogen) atoms. The summed E-state index contributed by atoms with van der Waals surface area (Å²) in [7, 11) is 1.74. The van der Waals surface area contributed by atoms with Gasteiger partial charge < -0.3 is 13.9 Å². The molecule has 0 amide bonds. The third-order valence-corrected chi connectivity index (χ3v) is 12.1. The number of hydrogen-bond acceptors (Lipinski definition) is 3. The van der Waals surface area contributed by atoms with E-state index in [1.165, 1.54) is 25.7 Å². The predicted molar refractivity (Wildman–Crippen MR) is 100 cm³/mol. The van der Waals surface area contributed by atoms with Crippen molar-refractivity contribution in [3.05, 3.63) is 12.2 Å². The number of allylic oxidation sites excluding steroid dienone is 1. The molecule has 4 aliphatic carbocycles. The average molecular weight is 353 g/mol. The molecule has 3 saturated carbocycles. The van der Waals surface area contributed by atoms with Gasteiger partial charge in [-0.25, -0.2) is 0 Å². The lowest BCUT2D eigenvalue weighted by Gasteiger charge is -2.66. The van der Waals surface area contributed by atoms with Crippen molar-refractivity contribution in [1.82, 2.24) is 0 Å². The molecule has 138 valence electrons. The second-order valence-electron chi connectivity index (χ2n) is 9.63. The van der Waals surface area contributed by atoms with Gasteiger partial charge in [0.2, 0.25) is 5.79 Å². The minimum atomic E-state index is -1.90. The summed E-state index contributed by atoms with van der Waals surface area (Å²) < 4.78 is 19.4. The van der Waals surface area contributed by atoms with Crippen molar-refractivity contribution in [3.8, 4) is 0 Å². The molecule has 2 bridgehead atoms. The number of methoxy groups -OCH3 is 2. The summed E-state index contributed by atoms with van der Waals surface area (Å²) in [6.45, 7) is 11.6. The van der Waals surface area contributed by atoms with Gasteiger partial charge in [0.25, 0.3) is 0 Å². The van der Waals surface area contributed by atoms with Crippen LogP contribution in [0.3, 0.4) is 0 Å². The highest BCUT2D eigenvalue weighted by Crippen LogP contribution is 2.65. The van der Waals surface area contributed by atoms with Gasteiger partial charge >= 0.3 is 0 Å². The van der Waals surface area contributed by atoms with E-state index in [9.17, 15) is 0 Å². The normalized spacial score (nSPS) is 38.2. The standard InChI is InChI=1S/C20H36O3Si/c1-18(2,3)24(6,7)23-17-15-11-13-19(20(17,21-4)22-5)12-9-8-10-16(19)14-15/h9,12,15-17H,8,10-11,13-14H2,1-7H3/t15-,16?,17+,19+/m0/s1. The molecule has 4 aliphatic rings. The Balaban J connectivity index is 2.03. The number of ether oxygens (including phenoxy) is 2. The van der Waals surface area contributed by atoms with E-state index in [1.54, 1.807) is 0 Å². The predicted octanol–water partition coefficient (Wildman–Crippen LogP) is 5.13. The third kappa shape index (κ3) is 2.40. The SMILES string of the molecule is COC1(OC)[C@H](O[Si](C)(C)C(C)(C)C)[C@H]2CC[C@@]13C=CCCC3C2. The average Bonchev–Trinajstić information content (AvgIpc) is 2.53. The van der Waals surface area contributed by atoms with Crippen molar-refractivity contribution < 1.29 is 13.9 Å². The maximum Gasteiger partial charge on any atom is 0.202 e. The van der Waals surface area contributed by atoms with Crippen molar-refractivity contribution >= 4 is 8.32 Å². The van der Waals surface area contributed by atoms with Crippen molar-refractivity contribution in [2.24, 2.45) is 17.3 Å². The van der Waals surface area contributed by atoms with Crippen LogP contribution in [-0.2, 0) is 13.9 Å². The lowest BCUT2D eigenvalue weighted by molar-refractivity contribution is -0.360. The molecule has 1 unspecified atom stereocenters. The second-order valence-corrected chi connectivity index (χ2v) is 14.4. The Kier molecular flexibility index (Phi) is 4.60. The molecule has 4 atom stereocenters. The Morgan fingerprint density at radius 1 is 1.08 bits per heavy atom. The van der Waals surface area contributed by atoms with Crippen molar-refractivity contribution in [3.63, 3.8) is 0 Å². The lowest BCUT2D eigenvalue weighted by atomic mass is 9.48. The number of rotatable bonds is 4. The Morgan fingerprint density at radius 3 is 2.33 bits per heavy atom. The minimum Gasteiger partial charge on any atom is -0.408 e. The van der Waals surface area contributed by atoms with Crippen molar-refractivity contribution in [1.29, 1.82) is 0 Å². The summed E-state index contributed by atoms with van der Waals surface area (Å²) >= 11 is 0. The van der Waals surface area contributed by atoms with Gasteiger partial charge in [-0.15, -0.1) is 0 Å². The van der Waals surface area contributed by atoms with E-state index < -0.39 is 14.1 Å². The summed E-state index contributed by atoms with van der Waals surface area (Å²) in [6.07, 6.45) is 10.9. The maximum atomic E-state index is 6.97. The monoisotopic (exact) mass is 352 g/mol. The van der Waals surface area contributed by atoms with Gasteiger partial charge in [0, 0.05) is 19.6 Å². The molecule has 0 aromatic rings. The largest absolute Gasteiger partial charge is 0.408 e. The first kappa shape index (κ1) is 18.6. The van der Waals surface area contributed by atoms with Crippen LogP contribution < -0.4 is 0 Å². The molecular formula is C20H36O3Si. The lowest BCUT2D eigenvalue weighted by Crippen LogP contribution is -2.72. The molecule has 3 fully saturated rings. The van der Waals surface area contributed by atoms with Gasteiger partial charge in [-0.05, 0) is 62.1 Å². The van der Waals surface area contributed by atoms with Crippen LogP contribution in [0, 0.1) is 17.3 Å². The van der Waals surface area contributed by atoms with E-state index in [4.69, 9.17) is 13.9 Å². The highest BCUT2D eigenvalue weighted by molar-refractivity contribution is 6.74. The molecule has 0 aromatic carbocycles. The Bertz CT molecular complexity index is 504. The highest BCUT2D eigenvalue weighted by atomic mass is 28.4. The summed E-state index contributed by atoms with van der Waals surface area (Å²) in [5, 5.41) is 0.191. The molecule has 1 spiro atoms. The van der Waals surface area contributed by atoms with Crippen LogP contribution in [0.25, 0.3) is 0 Å². The van der Waals surface area contributed by atoms with Gasteiger partial charge in [-0.1, -0.05) is 32.9 Å². The fourth-order valence-corrected chi connectivity index (χ4v) is 6.63. The molecule has 4 heteroatoms. The van der Waals surface area contributed by atoms with Gasteiger partial charge in [0.15, 0.2) is 8.32 Å². The third-order valence-electron chi connectivity index (χ3n) is 7.63. The number of hydrogen-bond donors (Lipinski definition) is 0. The van der Waals surface area contributed by atoms with Crippen molar-refractivity contribution in [2.45, 2.75) is 82.9 Å². The van der Waals surface area contributed by atoms with Gasteiger partial charge in [-0.3, -0.25) is 0 Å². The van der Waals surface area contributed by atoms with Gasteiger partial charge in [0.05, 0.1) is 0 Å². The fourth-order valence-electron chi connectivity index (χ4n) is 5.30. The first-order chi connectivity index (χ1) is 11.1. The zero-order valence-electron chi connectivity index (χ0n) is 16.6. The van der Waals surface area contributed by atoms with E-state index in [-0.39, 0.29) is 16.6 Å². The maximum absolute atomic E-state index is 6.97. The van der Waals surface area contributed by atoms with Crippen molar-refractivity contribution in [2.75, 3.05) is 14.2 Å². The first-order valence-electron chi connectivity index (χ1n) is 9.59. The van der Waals surface area contributed by atoms with Crippen LogP contribution in [0.2, 0.25) is 18.1 Å². The van der Waals surface area contributed by atoms with Crippen LogP contribution in [0.15, 0.2) is 12.2 Å². The highest BCUT2D eigenvalue weighted by Gasteiger charge is 2.69. The van der Waals surface area contributed by atoms with E-state index in [2.05, 4.69) is 46.0 Å². The van der Waals surface area contributed by atoms with E-state index in [0.29, 0.717) is 11.8 Å². The molecule has 0 aromatic heterocycles. The summed E-state index contributed by atoms with van der Waals surface area (Å²) in [5.41, 5.74) is -0.0173. The van der Waals surface area contributed by atoms with E-state index in [0.717, 1.165) is 6.42 Å². The summed E-state index contributed by atoms with van der Waals surface area (Å²) in [6, 6.07) is 0. The van der Waals surface area contributed by atoms with Crippen LogP contribution in [0.5, 0.6) is 0 Å². The van der Waals surface area contributed by atoms with E-state index >= 15 is 0 Å². The molecule has 0 N–H and O–H groups in total. The zero-order valence-corrected chi connectivity index (χ0v) is 17.6. The Hall–Kier alpha value is -0.163. The minimum absolute atomic E-state index is 0.0173. The second kappa shape index (κ2) is 5.93. The molecule has 0 radical (unpaired) electrons. The molecule has 3 nitrogen and oxygen atoms in total. The van der Waals surface area contributed by atoms with Crippen LogP contribution >= 0.6 is 0 Å². The topological polar surface area (TPSA) is 27.7 Å². The van der Waals surface area contributed by atoms with Crippen LogP contribution in [0.4, 0.5) is 0 Å². The Labute approximate surface area is 149 Å². The van der Waals surface area contributed by atoms with Crippen LogP contribution in [0.1, 0.15) is 52.9 Å². The van der Waals surface area contributed by atoms with Gasteiger partial charge in [0.1, 0.15) is 6.10 Å².